The third-order valence-electron chi connectivity index (χ3n) is 2.30. The van der Waals surface area contributed by atoms with Crippen molar-refractivity contribution in [3.8, 4) is 0 Å². The summed E-state index contributed by atoms with van der Waals surface area (Å²) in [5, 5.41) is 4.28. The monoisotopic (exact) mass is 272 g/mol. The molecule has 1 saturated heterocycles. The van der Waals surface area contributed by atoms with Crippen LogP contribution >= 0.6 is 27.7 Å². The van der Waals surface area contributed by atoms with Crippen LogP contribution < -0.4 is 5.32 Å². The van der Waals surface area contributed by atoms with Gasteiger partial charge in [0.1, 0.15) is 4.60 Å². The third-order valence-corrected chi connectivity index (χ3v) is 4.12. The van der Waals surface area contributed by atoms with Gasteiger partial charge in [-0.2, -0.15) is 11.8 Å². The molecule has 1 aromatic rings. The zero-order chi connectivity index (χ0) is 9.97. The Morgan fingerprint density at radius 3 is 3.00 bits per heavy atom. The lowest BCUT2D eigenvalue weighted by atomic mass is 10.2. The highest BCUT2D eigenvalue weighted by molar-refractivity contribution is 9.10. The quantitative estimate of drug-likeness (QED) is 0.838. The maximum Gasteiger partial charge on any atom is 0.106 e. The van der Waals surface area contributed by atoms with Gasteiger partial charge < -0.3 is 5.32 Å². The van der Waals surface area contributed by atoms with Crippen LogP contribution in [0.25, 0.3) is 0 Å². The third kappa shape index (κ3) is 2.64. The van der Waals surface area contributed by atoms with Crippen molar-refractivity contribution in [2.75, 3.05) is 11.1 Å². The highest BCUT2D eigenvalue weighted by Gasteiger charge is 2.21. The first kappa shape index (κ1) is 10.3. The Bertz CT molecular complexity index is 301. The van der Waals surface area contributed by atoms with Gasteiger partial charge in [-0.1, -0.05) is 6.92 Å². The summed E-state index contributed by atoms with van der Waals surface area (Å²) >= 11 is 5.36. The fraction of sp³-hybridized carbons (Fsp3) is 0.500. The molecule has 0 aromatic carbocycles. The first-order valence-corrected chi connectivity index (χ1v) is 6.58. The number of anilines is 1. The Hall–Kier alpha value is -0.220. The van der Waals surface area contributed by atoms with Crippen LogP contribution in [0.2, 0.25) is 0 Å². The lowest BCUT2D eigenvalue weighted by molar-refractivity contribution is 0.746. The molecule has 1 aromatic heterocycles. The largest absolute Gasteiger partial charge is 0.380 e. The minimum absolute atomic E-state index is 0.609. The van der Waals surface area contributed by atoms with Crippen LogP contribution in [0.3, 0.4) is 0 Å². The number of pyridine rings is 1. The number of aromatic nitrogens is 1. The van der Waals surface area contributed by atoms with Crippen LogP contribution in [-0.4, -0.2) is 22.0 Å². The molecule has 2 heterocycles. The molecule has 1 N–H and O–H groups in total. The Morgan fingerprint density at radius 2 is 2.43 bits per heavy atom. The molecule has 0 bridgehead atoms. The Morgan fingerprint density at radius 1 is 1.57 bits per heavy atom. The van der Waals surface area contributed by atoms with Gasteiger partial charge in [-0.05, 0) is 34.5 Å². The molecule has 2 atom stereocenters. The molecule has 0 saturated carbocycles. The number of hydrogen-bond acceptors (Lipinski definition) is 3. The van der Waals surface area contributed by atoms with Gasteiger partial charge >= 0.3 is 0 Å². The summed E-state index contributed by atoms with van der Waals surface area (Å²) in [6.07, 6.45) is 3.12. The van der Waals surface area contributed by atoms with Crippen molar-refractivity contribution in [1.82, 2.24) is 4.98 Å². The second kappa shape index (κ2) is 4.53. The van der Waals surface area contributed by atoms with Crippen LogP contribution in [0.5, 0.6) is 0 Å². The number of hydrogen-bond donors (Lipinski definition) is 1. The molecular formula is C10H13BrN2S. The molecule has 1 aliphatic rings. The molecule has 2 unspecified atom stereocenters. The Kier molecular flexibility index (Phi) is 3.34. The number of nitrogens with one attached hydrogen (secondary N) is 1. The highest BCUT2D eigenvalue weighted by atomic mass is 79.9. The van der Waals surface area contributed by atoms with Gasteiger partial charge in [0.05, 0.1) is 11.9 Å². The molecular weight excluding hydrogens is 260 g/mol. The van der Waals surface area contributed by atoms with E-state index in [0.29, 0.717) is 6.04 Å². The molecule has 2 rings (SSSR count). The van der Waals surface area contributed by atoms with Crippen LogP contribution in [0.1, 0.15) is 13.3 Å². The predicted octanol–water partition coefficient (Wildman–Crippen LogP) is 3.15. The SMILES string of the molecule is CC1CC(Nc2ccc(Br)nc2)CS1. The maximum atomic E-state index is 4.19. The van der Waals surface area contributed by atoms with Crippen molar-refractivity contribution in [3.05, 3.63) is 22.9 Å². The van der Waals surface area contributed by atoms with E-state index in [4.69, 9.17) is 0 Å². The van der Waals surface area contributed by atoms with E-state index in [2.05, 4.69) is 39.2 Å². The van der Waals surface area contributed by atoms with E-state index in [9.17, 15) is 0 Å². The minimum Gasteiger partial charge on any atom is -0.380 e. The molecule has 1 aliphatic heterocycles. The van der Waals surface area contributed by atoms with E-state index >= 15 is 0 Å². The van der Waals surface area contributed by atoms with E-state index in [1.165, 1.54) is 12.2 Å². The van der Waals surface area contributed by atoms with Gasteiger partial charge in [-0.3, -0.25) is 0 Å². The van der Waals surface area contributed by atoms with Gasteiger partial charge in [0.15, 0.2) is 0 Å². The molecule has 4 heteroatoms. The smallest absolute Gasteiger partial charge is 0.106 e. The van der Waals surface area contributed by atoms with E-state index in [0.717, 1.165) is 15.5 Å². The highest BCUT2D eigenvalue weighted by Crippen LogP contribution is 2.28. The molecule has 0 amide bonds. The number of halogens is 1. The van der Waals surface area contributed by atoms with Crippen LogP contribution in [-0.2, 0) is 0 Å². The van der Waals surface area contributed by atoms with Crippen molar-refractivity contribution in [2.24, 2.45) is 0 Å². The van der Waals surface area contributed by atoms with Gasteiger partial charge in [-0.15, -0.1) is 0 Å². The molecule has 0 aliphatic carbocycles. The van der Waals surface area contributed by atoms with Crippen molar-refractivity contribution >= 4 is 33.4 Å². The van der Waals surface area contributed by atoms with Crippen LogP contribution in [0.15, 0.2) is 22.9 Å². The first-order valence-electron chi connectivity index (χ1n) is 4.74. The maximum absolute atomic E-state index is 4.19. The molecule has 0 radical (unpaired) electrons. The van der Waals surface area contributed by atoms with E-state index in [1.54, 1.807) is 0 Å². The summed E-state index contributed by atoms with van der Waals surface area (Å²) in [7, 11) is 0. The zero-order valence-electron chi connectivity index (χ0n) is 8.03. The fourth-order valence-corrected chi connectivity index (χ4v) is 3.00. The summed E-state index contributed by atoms with van der Waals surface area (Å²) in [5.74, 6) is 1.21. The summed E-state index contributed by atoms with van der Waals surface area (Å²) < 4.78 is 0.886. The summed E-state index contributed by atoms with van der Waals surface area (Å²) in [4.78, 5) is 4.19. The van der Waals surface area contributed by atoms with Crippen molar-refractivity contribution < 1.29 is 0 Å². The van der Waals surface area contributed by atoms with Gasteiger partial charge in [0, 0.05) is 17.0 Å². The van der Waals surface area contributed by atoms with E-state index < -0.39 is 0 Å². The Balaban J connectivity index is 1.94. The van der Waals surface area contributed by atoms with E-state index in [1.807, 2.05) is 24.0 Å². The zero-order valence-corrected chi connectivity index (χ0v) is 10.4. The topological polar surface area (TPSA) is 24.9 Å². The lowest BCUT2D eigenvalue weighted by Crippen LogP contribution is -2.18. The van der Waals surface area contributed by atoms with Crippen molar-refractivity contribution in [1.29, 1.82) is 0 Å². The van der Waals surface area contributed by atoms with Crippen molar-refractivity contribution in [3.63, 3.8) is 0 Å². The van der Waals surface area contributed by atoms with Gasteiger partial charge in [0.25, 0.3) is 0 Å². The van der Waals surface area contributed by atoms with Crippen molar-refractivity contribution in [2.45, 2.75) is 24.6 Å². The molecule has 14 heavy (non-hydrogen) atoms. The van der Waals surface area contributed by atoms with E-state index in [-0.39, 0.29) is 0 Å². The molecule has 76 valence electrons. The fourth-order valence-electron chi connectivity index (χ4n) is 1.61. The van der Waals surface area contributed by atoms with Gasteiger partial charge in [0.2, 0.25) is 0 Å². The average Bonchev–Trinajstić information content (AvgIpc) is 2.56. The summed E-state index contributed by atoms with van der Waals surface area (Å²) in [6.45, 7) is 2.28. The number of thioether (sulfide) groups is 1. The van der Waals surface area contributed by atoms with Crippen LogP contribution in [0, 0.1) is 0 Å². The minimum atomic E-state index is 0.609. The second-order valence-corrected chi connectivity index (χ2v) is 5.87. The molecule has 2 nitrogen and oxygen atoms in total. The summed E-state index contributed by atoms with van der Waals surface area (Å²) in [5.41, 5.74) is 1.12. The lowest BCUT2D eigenvalue weighted by Gasteiger charge is -2.12. The average molecular weight is 273 g/mol. The Labute approximate surface area is 97.0 Å². The summed E-state index contributed by atoms with van der Waals surface area (Å²) in [6, 6.07) is 4.64. The second-order valence-electron chi connectivity index (χ2n) is 3.59. The number of nitrogens with zero attached hydrogens (tertiary/aromatic N) is 1. The standard InChI is InChI=1S/C10H13BrN2S/c1-7-4-9(6-14-7)13-8-2-3-10(11)12-5-8/h2-3,5,7,9,13H,4,6H2,1H3. The number of rotatable bonds is 2. The molecule has 1 fully saturated rings. The normalized spacial score (nSPS) is 26.4. The van der Waals surface area contributed by atoms with Gasteiger partial charge in [-0.25, -0.2) is 4.98 Å². The first-order chi connectivity index (χ1) is 6.74. The molecule has 0 spiro atoms. The van der Waals surface area contributed by atoms with Crippen LogP contribution in [0.4, 0.5) is 5.69 Å². The predicted molar refractivity (Wildman–Crippen MR) is 65.9 cm³/mol.